The third-order valence-corrected chi connectivity index (χ3v) is 2.31. The molecule has 12 heavy (non-hydrogen) atoms. The quantitative estimate of drug-likeness (QED) is 0.684. The van der Waals surface area contributed by atoms with Crippen molar-refractivity contribution in [3.05, 3.63) is 22.1 Å². The minimum absolute atomic E-state index is 0.0861. The van der Waals surface area contributed by atoms with Gasteiger partial charge in [-0.05, 0) is 18.8 Å². The average Bonchev–Trinajstić information content (AvgIpc) is 1.98. The maximum Gasteiger partial charge on any atom is 0.170 e. The zero-order chi connectivity index (χ0) is 9.72. The fourth-order valence-electron chi connectivity index (χ4n) is 0.692. The number of ketones is 1. The molecule has 68 valence electrons. The van der Waals surface area contributed by atoms with Gasteiger partial charge in [0.2, 0.25) is 0 Å². The summed E-state index contributed by atoms with van der Waals surface area (Å²) in [6, 6.07) is 0. The lowest BCUT2D eigenvalue weighted by Crippen LogP contribution is -2.05. The van der Waals surface area contributed by atoms with Crippen molar-refractivity contribution in [2.24, 2.45) is 5.73 Å². The predicted molar refractivity (Wildman–Crippen MR) is 54.6 cm³/mol. The Hall–Kier alpha value is -0.700. The largest absolute Gasteiger partial charge is 0.401 e. The summed E-state index contributed by atoms with van der Waals surface area (Å²) in [4.78, 5) is 12.8. The van der Waals surface area contributed by atoms with Crippen molar-refractivity contribution in [3.63, 3.8) is 0 Å². The molecule has 0 aliphatic carbocycles. The highest BCUT2D eigenvalue weighted by Crippen LogP contribution is 2.26. The molecule has 0 aliphatic rings. The number of nitrogens with two attached hydrogens (primary N) is 1. The average molecular weight is 185 g/mol. The minimum Gasteiger partial charge on any atom is -0.401 e. The van der Waals surface area contributed by atoms with Gasteiger partial charge in [0.15, 0.2) is 5.78 Å². The van der Waals surface area contributed by atoms with Crippen LogP contribution in [0, 0.1) is 0 Å². The van der Waals surface area contributed by atoms with Gasteiger partial charge in [0.25, 0.3) is 0 Å². The number of hydrogen-bond acceptors (Lipinski definition) is 3. The molecule has 0 unspecified atom stereocenters. The van der Waals surface area contributed by atoms with E-state index in [0.717, 1.165) is 4.91 Å². The van der Waals surface area contributed by atoms with Crippen LogP contribution in [0.25, 0.3) is 0 Å². The maximum atomic E-state index is 11.3. The zero-order valence-electron chi connectivity index (χ0n) is 7.81. The van der Waals surface area contributed by atoms with Crippen molar-refractivity contribution in [1.29, 1.82) is 0 Å². The lowest BCUT2D eigenvalue weighted by atomic mass is 10.2. The zero-order valence-corrected chi connectivity index (χ0v) is 8.62. The fraction of sp³-hybridized carbons (Fsp3) is 0.444. The van der Waals surface area contributed by atoms with E-state index in [-0.39, 0.29) is 5.78 Å². The molecular weight excluding hydrogens is 170 g/mol. The van der Waals surface area contributed by atoms with Crippen LogP contribution in [0.15, 0.2) is 22.1 Å². The first kappa shape index (κ1) is 11.3. The molecule has 0 aromatic carbocycles. The molecule has 0 aromatic rings. The molecule has 0 fully saturated rings. The van der Waals surface area contributed by atoms with E-state index in [1.54, 1.807) is 6.92 Å². The fourth-order valence-corrected chi connectivity index (χ4v) is 1.46. The van der Waals surface area contributed by atoms with E-state index in [2.05, 4.69) is 6.58 Å². The van der Waals surface area contributed by atoms with Crippen LogP contribution in [0.1, 0.15) is 27.2 Å². The number of thioether (sulfide) groups is 1. The van der Waals surface area contributed by atoms with Crippen LogP contribution in [0.4, 0.5) is 0 Å². The molecule has 3 heteroatoms. The van der Waals surface area contributed by atoms with Gasteiger partial charge in [0.05, 0.1) is 4.91 Å². The second-order valence-electron chi connectivity index (χ2n) is 2.59. The summed E-state index contributed by atoms with van der Waals surface area (Å²) in [6.45, 7) is 9.13. The van der Waals surface area contributed by atoms with E-state index in [9.17, 15) is 4.79 Å². The first-order chi connectivity index (χ1) is 5.49. The Morgan fingerprint density at radius 1 is 1.50 bits per heavy atom. The number of allylic oxidation sites excluding steroid dienone is 3. The Kier molecular flexibility index (Phi) is 4.74. The molecule has 0 heterocycles. The van der Waals surface area contributed by atoms with Gasteiger partial charge in [-0.25, -0.2) is 0 Å². The minimum atomic E-state index is 0.0861. The molecule has 0 saturated carbocycles. The monoisotopic (exact) mass is 185 g/mol. The Balaban J connectivity index is 4.58. The van der Waals surface area contributed by atoms with Crippen LogP contribution in [-0.4, -0.2) is 5.78 Å². The molecule has 0 saturated heterocycles. The highest BCUT2D eigenvalue weighted by molar-refractivity contribution is 8.07. The Morgan fingerprint density at radius 2 is 2.00 bits per heavy atom. The van der Waals surface area contributed by atoms with E-state index in [1.807, 2.05) is 13.8 Å². The van der Waals surface area contributed by atoms with Crippen LogP contribution in [0.5, 0.6) is 0 Å². The maximum absolute atomic E-state index is 11.3. The standard InChI is InChI=1S/C9H15NOS/c1-5-8(11)9(7(4)10)12-6(2)3/h2,5,10H2,1,3-4H3/b9-7-. The van der Waals surface area contributed by atoms with Crippen LogP contribution in [-0.2, 0) is 4.79 Å². The van der Waals surface area contributed by atoms with Crippen LogP contribution in [0.2, 0.25) is 0 Å². The molecule has 2 N–H and O–H groups in total. The lowest BCUT2D eigenvalue weighted by molar-refractivity contribution is -0.114. The van der Waals surface area contributed by atoms with Gasteiger partial charge in [0, 0.05) is 12.1 Å². The predicted octanol–water partition coefficient (Wildman–Crippen LogP) is 2.42. The van der Waals surface area contributed by atoms with Crippen LogP contribution < -0.4 is 5.73 Å². The summed E-state index contributed by atoms with van der Waals surface area (Å²) in [5.41, 5.74) is 6.14. The molecule has 0 aromatic heterocycles. The normalized spacial score (nSPS) is 12.2. The lowest BCUT2D eigenvalue weighted by Gasteiger charge is -2.05. The molecule has 0 rings (SSSR count). The van der Waals surface area contributed by atoms with Crippen molar-refractivity contribution >= 4 is 17.5 Å². The van der Waals surface area contributed by atoms with Crippen LogP contribution in [0.3, 0.4) is 0 Å². The van der Waals surface area contributed by atoms with Crippen molar-refractivity contribution in [1.82, 2.24) is 0 Å². The summed E-state index contributed by atoms with van der Waals surface area (Å²) < 4.78 is 0. The highest BCUT2D eigenvalue weighted by Gasteiger charge is 2.10. The second kappa shape index (κ2) is 5.04. The summed E-state index contributed by atoms with van der Waals surface area (Å²) in [5.74, 6) is 0.0861. The molecule has 0 aliphatic heterocycles. The van der Waals surface area contributed by atoms with Crippen LogP contribution >= 0.6 is 11.8 Å². The Labute approximate surface area is 77.9 Å². The van der Waals surface area contributed by atoms with Gasteiger partial charge in [-0.15, -0.1) is 0 Å². The van der Waals surface area contributed by atoms with Crippen molar-refractivity contribution < 1.29 is 4.79 Å². The molecule has 0 amide bonds. The molecule has 2 nitrogen and oxygen atoms in total. The van der Waals surface area contributed by atoms with E-state index < -0.39 is 0 Å². The summed E-state index contributed by atoms with van der Waals surface area (Å²) in [5, 5.41) is 0. The number of Topliss-reactive ketones (excluding diaryl/α,β-unsaturated/α-hetero) is 1. The molecule has 0 spiro atoms. The van der Waals surface area contributed by atoms with Gasteiger partial charge in [0.1, 0.15) is 0 Å². The SMILES string of the molecule is C=C(C)S/C(C(=O)CC)=C(/C)N. The second-order valence-corrected chi connectivity index (χ2v) is 3.90. The number of rotatable bonds is 4. The summed E-state index contributed by atoms with van der Waals surface area (Å²) in [6.07, 6.45) is 0.490. The van der Waals surface area contributed by atoms with Crippen molar-refractivity contribution in [2.45, 2.75) is 27.2 Å². The summed E-state index contributed by atoms with van der Waals surface area (Å²) >= 11 is 1.35. The van der Waals surface area contributed by atoms with Gasteiger partial charge in [-0.2, -0.15) is 0 Å². The van der Waals surface area contributed by atoms with Gasteiger partial charge < -0.3 is 5.73 Å². The Bertz CT molecular complexity index is 227. The topological polar surface area (TPSA) is 43.1 Å². The first-order valence-corrected chi connectivity index (χ1v) is 4.63. The number of hydrogen-bond donors (Lipinski definition) is 1. The molecule has 0 atom stereocenters. The van der Waals surface area contributed by atoms with Gasteiger partial charge in [-0.1, -0.05) is 25.3 Å². The van der Waals surface area contributed by atoms with Gasteiger partial charge in [-0.3, -0.25) is 4.79 Å². The van der Waals surface area contributed by atoms with Crippen molar-refractivity contribution in [2.75, 3.05) is 0 Å². The van der Waals surface area contributed by atoms with Gasteiger partial charge >= 0.3 is 0 Å². The highest BCUT2D eigenvalue weighted by atomic mass is 32.2. The molecule has 0 bridgehead atoms. The van der Waals surface area contributed by atoms with E-state index in [0.29, 0.717) is 17.0 Å². The van der Waals surface area contributed by atoms with E-state index >= 15 is 0 Å². The summed E-state index contributed by atoms with van der Waals surface area (Å²) in [7, 11) is 0. The first-order valence-electron chi connectivity index (χ1n) is 3.82. The Morgan fingerprint density at radius 3 is 2.25 bits per heavy atom. The van der Waals surface area contributed by atoms with E-state index in [1.165, 1.54) is 11.8 Å². The molecule has 0 radical (unpaired) electrons. The number of carbonyl (C=O) groups excluding carboxylic acids is 1. The van der Waals surface area contributed by atoms with E-state index in [4.69, 9.17) is 5.73 Å². The molecular formula is C9H15NOS. The smallest absolute Gasteiger partial charge is 0.170 e. The third kappa shape index (κ3) is 3.62. The third-order valence-electron chi connectivity index (χ3n) is 1.21. The number of carbonyl (C=O) groups is 1. The van der Waals surface area contributed by atoms with Crippen molar-refractivity contribution in [3.8, 4) is 0 Å².